The molecule has 0 unspecified atom stereocenters. The number of phenols is 3. The Kier molecular flexibility index (Phi) is 3.51. The van der Waals surface area contributed by atoms with Gasteiger partial charge in [0, 0.05) is 5.56 Å². The number of benzene rings is 1. The van der Waals surface area contributed by atoms with Crippen molar-refractivity contribution < 1.29 is 20.5 Å². The smallest absolute Gasteiger partial charge is 0.237 e. The predicted molar refractivity (Wildman–Crippen MR) is 55.6 cm³/mol. The topological polar surface area (TPSA) is 144 Å². The molecular formula is C8H10N4O4. The van der Waals surface area contributed by atoms with E-state index in [0.717, 1.165) is 18.3 Å². The lowest BCUT2D eigenvalue weighted by atomic mass is 10.2. The first kappa shape index (κ1) is 11.6. The Morgan fingerprint density at radius 2 is 1.81 bits per heavy atom. The lowest BCUT2D eigenvalue weighted by Gasteiger charge is -2.01. The fraction of sp³-hybridized carbons (Fsp3) is 0. The van der Waals surface area contributed by atoms with E-state index in [2.05, 4.69) is 10.2 Å². The summed E-state index contributed by atoms with van der Waals surface area (Å²) in [6, 6.07) is 2.33. The number of aromatic hydroxyl groups is 3. The molecule has 86 valence electrons. The summed E-state index contributed by atoms with van der Waals surface area (Å²) in [4.78, 5) is 0. The van der Waals surface area contributed by atoms with E-state index < -0.39 is 17.2 Å². The molecule has 1 aromatic rings. The minimum atomic E-state index is -0.614. The minimum Gasteiger partial charge on any atom is -0.504 e. The van der Waals surface area contributed by atoms with Crippen LogP contribution in [-0.4, -0.2) is 32.7 Å². The summed E-state index contributed by atoms with van der Waals surface area (Å²) < 4.78 is 0. The zero-order chi connectivity index (χ0) is 12.1. The highest BCUT2D eigenvalue weighted by Gasteiger charge is 2.06. The van der Waals surface area contributed by atoms with Crippen molar-refractivity contribution in [2.24, 2.45) is 15.9 Å². The van der Waals surface area contributed by atoms with Crippen LogP contribution in [0.1, 0.15) is 5.56 Å². The van der Waals surface area contributed by atoms with Gasteiger partial charge in [0.1, 0.15) is 0 Å². The van der Waals surface area contributed by atoms with Crippen LogP contribution < -0.4 is 11.2 Å². The molecule has 1 rings (SSSR count). The van der Waals surface area contributed by atoms with E-state index >= 15 is 0 Å². The van der Waals surface area contributed by atoms with Gasteiger partial charge < -0.3 is 21.1 Å². The number of hydrogen-bond acceptors (Lipinski definition) is 6. The van der Waals surface area contributed by atoms with Gasteiger partial charge in [0.25, 0.3) is 0 Å². The van der Waals surface area contributed by atoms with Crippen molar-refractivity contribution in [3.63, 3.8) is 0 Å². The fourth-order valence-electron chi connectivity index (χ4n) is 0.880. The molecule has 1 aromatic carbocycles. The normalized spacial score (nSPS) is 11.9. The number of nitrogens with zero attached hydrogens (tertiary/aromatic N) is 2. The van der Waals surface area contributed by atoms with Gasteiger partial charge in [0.15, 0.2) is 17.2 Å². The monoisotopic (exact) mass is 226 g/mol. The van der Waals surface area contributed by atoms with Crippen molar-refractivity contribution in [2.45, 2.75) is 0 Å². The Morgan fingerprint density at radius 1 is 1.25 bits per heavy atom. The van der Waals surface area contributed by atoms with Crippen molar-refractivity contribution in [1.82, 2.24) is 5.48 Å². The number of phenolic OH excluding ortho intramolecular Hbond substituents is 3. The van der Waals surface area contributed by atoms with Gasteiger partial charge in [-0.2, -0.15) is 5.10 Å². The molecule has 0 saturated carbocycles. The maximum absolute atomic E-state index is 9.15. The summed E-state index contributed by atoms with van der Waals surface area (Å²) in [6.45, 7) is 0. The summed E-state index contributed by atoms with van der Waals surface area (Å²) in [5.74, 6) is -1.90. The largest absolute Gasteiger partial charge is 0.504 e. The first-order valence-corrected chi connectivity index (χ1v) is 4.06. The number of rotatable bonds is 2. The third kappa shape index (κ3) is 2.75. The third-order valence-corrected chi connectivity index (χ3v) is 1.58. The van der Waals surface area contributed by atoms with E-state index in [0.29, 0.717) is 5.56 Å². The molecule has 0 atom stereocenters. The quantitative estimate of drug-likeness (QED) is 0.172. The molecule has 8 heteroatoms. The second-order valence-corrected chi connectivity index (χ2v) is 2.75. The average Bonchev–Trinajstić information content (AvgIpc) is 2.25. The second-order valence-electron chi connectivity index (χ2n) is 2.75. The van der Waals surface area contributed by atoms with Crippen molar-refractivity contribution >= 4 is 12.2 Å². The highest BCUT2D eigenvalue weighted by Crippen LogP contribution is 2.34. The van der Waals surface area contributed by atoms with Gasteiger partial charge in [-0.3, -0.25) is 5.21 Å². The zero-order valence-corrected chi connectivity index (χ0v) is 7.99. The maximum Gasteiger partial charge on any atom is 0.237 e. The number of nitrogens with two attached hydrogens (primary N) is 1. The fourth-order valence-corrected chi connectivity index (χ4v) is 0.880. The molecule has 0 bridgehead atoms. The van der Waals surface area contributed by atoms with E-state index in [-0.39, 0.29) is 5.96 Å². The van der Waals surface area contributed by atoms with E-state index in [1.807, 2.05) is 0 Å². The first-order valence-electron chi connectivity index (χ1n) is 4.06. The van der Waals surface area contributed by atoms with Crippen LogP contribution in [0.25, 0.3) is 0 Å². The molecule has 0 amide bonds. The number of hydroxylamine groups is 1. The van der Waals surface area contributed by atoms with Gasteiger partial charge in [0.2, 0.25) is 5.96 Å². The van der Waals surface area contributed by atoms with Crippen LogP contribution in [0.2, 0.25) is 0 Å². The summed E-state index contributed by atoms with van der Waals surface area (Å²) in [5, 5.41) is 42.3. The van der Waals surface area contributed by atoms with Gasteiger partial charge in [-0.1, -0.05) is 0 Å². The number of guanidine groups is 1. The minimum absolute atomic E-state index is 0.294. The Hall–Kier alpha value is -2.48. The molecule has 0 saturated heterocycles. The van der Waals surface area contributed by atoms with Gasteiger partial charge in [0.05, 0.1) is 6.21 Å². The molecule has 0 aliphatic carbocycles. The van der Waals surface area contributed by atoms with Crippen LogP contribution in [0.4, 0.5) is 0 Å². The Labute approximate surface area is 89.9 Å². The Balaban J connectivity index is 2.91. The van der Waals surface area contributed by atoms with Crippen molar-refractivity contribution in [2.75, 3.05) is 0 Å². The maximum atomic E-state index is 9.15. The van der Waals surface area contributed by atoms with Crippen LogP contribution in [0.5, 0.6) is 17.2 Å². The lowest BCUT2D eigenvalue weighted by molar-refractivity contribution is 0.232. The highest BCUT2D eigenvalue weighted by molar-refractivity contribution is 5.83. The molecule has 0 aliphatic rings. The van der Waals surface area contributed by atoms with E-state index in [4.69, 9.17) is 26.3 Å². The van der Waals surface area contributed by atoms with Gasteiger partial charge in [-0.15, -0.1) is 5.10 Å². The predicted octanol–water partition coefficient (Wildman–Crippen LogP) is -0.569. The lowest BCUT2D eigenvalue weighted by Crippen LogP contribution is -2.27. The van der Waals surface area contributed by atoms with Crippen molar-refractivity contribution in [1.29, 1.82) is 0 Å². The average molecular weight is 226 g/mol. The number of nitrogens with one attached hydrogen (secondary N) is 1. The van der Waals surface area contributed by atoms with Crippen molar-refractivity contribution in [3.05, 3.63) is 17.7 Å². The van der Waals surface area contributed by atoms with Gasteiger partial charge in [-0.05, 0) is 12.1 Å². The SMILES string of the molecule is N/C(=N/N=C/c1cc(O)c(O)c(O)c1)NO. The van der Waals surface area contributed by atoms with Crippen molar-refractivity contribution in [3.8, 4) is 17.2 Å². The van der Waals surface area contributed by atoms with Crippen LogP contribution in [0, 0.1) is 0 Å². The molecule has 8 nitrogen and oxygen atoms in total. The molecule has 16 heavy (non-hydrogen) atoms. The summed E-state index contributed by atoms with van der Waals surface area (Å²) in [7, 11) is 0. The summed E-state index contributed by atoms with van der Waals surface area (Å²) in [6.07, 6.45) is 1.16. The highest BCUT2D eigenvalue weighted by atomic mass is 16.5. The standard InChI is InChI=1S/C8H10N4O4/c9-8(12-16)11-10-3-4-1-5(13)7(15)6(14)2-4/h1-3,13-16H,(H3,9,11,12)/b10-3+. The summed E-state index contributed by atoms with van der Waals surface area (Å²) in [5.41, 5.74) is 6.91. The third-order valence-electron chi connectivity index (χ3n) is 1.58. The van der Waals surface area contributed by atoms with Crippen LogP contribution >= 0.6 is 0 Å². The van der Waals surface area contributed by atoms with Gasteiger partial charge >= 0.3 is 0 Å². The Bertz CT molecular complexity index is 421. The molecule has 0 aromatic heterocycles. The first-order chi connectivity index (χ1) is 7.54. The molecule has 0 aliphatic heterocycles. The van der Waals surface area contributed by atoms with Gasteiger partial charge in [-0.25, -0.2) is 5.48 Å². The summed E-state index contributed by atoms with van der Waals surface area (Å²) >= 11 is 0. The second kappa shape index (κ2) is 4.84. The number of hydrogen-bond donors (Lipinski definition) is 6. The molecule has 0 spiro atoms. The zero-order valence-electron chi connectivity index (χ0n) is 7.99. The molecule has 0 heterocycles. The van der Waals surface area contributed by atoms with Crippen LogP contribution in [0.15, 0.2) is 22.3 Å². The molecule has 0 fully saturated rings. The van der Waals surface area contributed by atoms with Crippen LogP contribution in [0.3, 0.4) is 0 Å². The Morgan fingerprint density at radius 3 is 2.31 bits per heavy atom. The van der Waals surface area contributed by atoms with Crippen LogP contribution in [-0.2, 0) is 0 Å². The molecule has 7 N–H and O–H groups in total. The molecular weight excluding hydrogens is 216 g/mol. The van der Waals surface area contributed by atoms with E-state index in [9.17, 15) is 0 Å². The molecule has 0 radical (unpaired) electrons. The van der Waals surface area contributed by atoms with E-state index in [1.165, 1.54) is 0 Å². The van der Waals surface area contributed by atoms with E-state index in [1.54, 1.807) is 5.48 Å².